The molecule has 0 aliphatic heterocycles. The topological polar surface area (TPSA) is 161 Å². The number of aliphatic carboxylic acids is 1. The van der Waals surface area contributed by atoms with Gasteiger partial charge in [-0.2, -0.15) is 0 Å². The molecule has 326 valence electrons. The quantitative estimate of drug-likeness (QED) is 0.0698. The molecule has 0 aliphatic rings. The van der Waals surface area contributed by atoms with Crippen LogP contribution >= 0.6 is 7.60 Å². The van der Waals surface area contributed by atoms with E-state index in [9.17, 15) is 28.8 Å². The number of esters is 3. The van der Waals surface area contributed by atoms with Crippen molar-refractivity contribution in [3.8, 4) is 0 Å². The predicted molar refractivity (Wildman–Crippen MR) is 223 cm³/mol. The predicted octanol–water partition coefficient (Wildman–Crippen LogP) is 6.45. The number of nitrogens with zero attached hydrogens (tertiary/aromatic N) is 3. The molecule has 0 amide bonds. The van der Waals surface area contributed by atoms with Crippen molar-refractivity contribution >= 4 is 31.5 Å². The van der Waals surface area contributed by atoms with E-state index in [0.717, 1.165) is 11.1 Å². The Kier molecular flexibility index (Phi) is 20.2. The van der Waals surface area contributed by atoms with E-state index in [2.05, 4.69) is 0 Å². The van der Waals surface area contributed by atoms with Gasteiger partial charge in [0.05, 0.1) is 26.3 Å². The van der Waals surface area contributed by atoms with E-state index in [4.69, 9.17) is 23.3 Å². The van der Waals surface area contributed by atoms with Crippen molar-refractivity contribution < 1.29 is 52.1 Å². The molecule has 15 heteroatoms. The van der Waals surface area contributed by atoms with Crippen LogP contribution in [-0.4, -0.2) is 131 Å². The van der Waals surface area contributed by atoms with Crippen LogP contribution in [0.5, 0.6) is 0 Å². The van der Waals surface area contributed by atoms with Crippen molar-refractivity contribution in [3.63, 3.8) is 0 Å². The summed E-state index contributed by atoms with van der Waals surface area (Å²) in [6, 6.07) is 16.5. The van der Waals surface area contributed by atoms with Gasteiger partial charge in [-0.25, -0.2) is 0 Å². The lowest BCUT2D eigenvalue weighted by atomic mass is 10.0. The highest BCUT2D eigenvalue weighted by Crippen LogP contribution is 2.48. The molecule has 2 atom stereocenters. The Morgan fingerprint density at radius 1 is 0.603 bits per heavy atom. The van der Waals surface area contributed by atoms with Crippen molar-refractivity contribution in [1.82, 2.24) is 14.7 Å². The summed E-state index contributed by atoms with van der Waals surface area (Å²) in [5, 5.41) is 10.5. The summed E-state index contributed by atoms with van der Waals surface area (Å²) in [4.78, 5) is 58.6. The molecule has 0 heterocycles. The largest absolute Gasteiger partial charge is 0.480 e. The fourth-order valence-electron chi connectivity index (χ4n) is 6.10. The molecule has 58 heavy (non-hydrogen) atoms. The maximum atomic E-state index is 14.1. The van der Waals surface area contributed by atoms with Crippen LogP contribution in [0.3, 0.4) is 0 Å². The summed E-state index contributed by atoms with van der Waals surface area (Å²) in [6.07, 6.45) is 0.135. The fraction of sp³-hybridized carbons (Fsp3) is 0.628. The number of ether oxygens (including phenoxy) is 3. The van der Waals surface area contributed by atoms with E-state index in [1.165, 1.54) is 0 Å². The van der Waals surface area contributed by atoms with E-state index in [1.54, 1.807) is 90.9 Å². The van der Waals surface area contributed by atoms with Gasteiger partial charge in [-0.1, -0.05) is 60.7 Å². The minimum atomic E-state index is -3.73. The van der Waals surface area contributed by atoms with Crippen LogP contribution < -0.4 is 0 Å². The second kappa shape index (κ2) is 23.2. The zero-order valence-electron chi connectivity index (χ0n) is 36.5. The lowest BCUT2D eigenvalue weighted by Crippen LogP contribution is -2.52. The summed E-state index contributed by atoms with van der Waals surface area (Å²) in [6.45, 7) is 19.2. The summed E-state index contributed by atoms with van der Waals surface area (Å²) in [5.74, 6) is -2.81. The third-order valence-corrected chi connectivity index (χ3v) is 10.4. The van der Waals surface area contributed by atoms with Crippen molar-refractivity contribution in [2.24, 2.45) is 0 Å². The highest BCUT2D eigenvalue weighted by molar-refractivity contribution is 7.53. The number of benzene rings is 2. The van der Waals surface area contributed by atoms with Crippen molar-refractivity contribution in [3.05, 3.63) is 71.8 Å². The van der Waals surface area contributed by atoms with Crippen LogP contribution in [0.1, 0.15) is 87.3 Å². The Hall–Kier alpha value is -3.65. The first-order valence-electron chi connectivity index (χ1n) is 20.0. The zero-order chi connectivity index (χ0) is 43.7. The van der Waals surface area contributed by atoms with Gasteiger partial charge < -0.3 is 28.4 Å². The molecule has 1 N–H and O–H groups in total. The molecule has 2 rings (SSSR count). The Bertz CT molecular complexity index is 1610. The average Bonchev–Trinajstić information content (AvgIpc) is 3.08. The van der Waals surface area contributed by atoms with Crippen molar-refractivity contribution in [2.45, 2.75) is 118 Å². The smallest absolute Gasteiger partial charge is 0.344 e. The number of hydrogen-bond acceptors (Lipinski definition) is 13. The molecule has 0 aliphatic carbocycles. The SMILES string of the molecule is CCOP(=O)(CN(CCN(CC(=O)OC(C)(C)C)[C@@H](Cc1ccccc1)C(=O)O)CCN(CC(=O)OC(C)(C)C)[C@@H](Cc1ccccc1)C(=O)OC(C)(C)C)OCC. The molecule has 0 saturated carbocycles. The minimum Gasteiger partial charge on any atom is -0.480 e. The Morgan fingerprint density at radius 3 is 1.34 bits per heavy atom. The number of carbonyl (C=O) groups is 4. The molecule has 0 saturated heterocycles. The van der Waals surface area contributed by atoms with Gasteiger partial charge in [-0.05, 0) is 100 Å². The summed E-state index contributed by atoms with van der Waals surface area (Å²) < 4.78 is 42.7. The van der Waals surface area contributed by atoms with E-state index >= 15 is 0 Å². The minimum absolute atomic E-state index is 0.0346. The zero-order valence-corrected chi connectivity index (χ0v) is 37.4. The standard InChI is InChI=1S/C43H68N3O11P/c1-12-53-58(52,54-13-2)32-44(24-26-45(30-37(47)55-41(3,4)5)35(39(49)50)28-33-20-16-14-17-21-33)25-27-46(31-38(48)56-42(6,7)8)36(40(51)57-43(9,10)11)29-34-22-18-15-19-23-34/h14-23,35-36H,12-13,24-32H2,1-11H3,(H,49,50)/t35-,36-/m0/s1. The normalized spacial score (nSPS) is 13.7. The van der Waals surface area contributed by atoms with Gasteiger partial charge in [0.2, 0.25) is 0 Å². The molecule has 0 aromatic heterocycles. The Morgan fingerprint density at radius 2 is 0.983 bits per heavy atom. The van der Waals surface area contributed by atoms with Gasteiger partial charge in [-0.15, -0.1) is 0 Å². The van der Waals surface area contributed by atoms with E-state index in [0.29, 0.717) is 0 Å². The first-order valence-corrected chi connectivity index (χ1v) is 21.7. The van der Waals surface area contributed by atoms with Gasteiger partial charge >= 0.3 is 31.5 Å². The molecule has 0 radical (unpaired) electrons. The molecule has 0 bridgehead atoms. The maximum absolute atomic E-state index is 14.1. The summed E-state index contributed by atoms with van der Waals surface area (Å²) >= 11 is 0. The second-order valence-electron chi connectivity index (χ2n) is 17.1. The molecular formula is C43H68N3O11P. The number of carboxylic acids is 1. The second-order valence-corrected chi connectivity index (χ2v) is 19.1. The Balaban J connectivity index is 2.62. The average molecular weight is 834 g/mol. The van der Waals surface area contributed by atoms with Crippen LogP contribution in [-0.2, 0) is 59.8 Å². The molecular weight excluding hydrogens is 765 g/mol. The number of carboxylic acid groups (broad SMARTS) is 1. The van der Waals surface area contributed by atoms with E-state index in [1.807, 2.05) is 60.7 Å². The van der Waals surface area contributed by atoms with Crippen LogP contribution in [0, 0.1) is 0 Å². The van der Waals surface area contributed by atoms with Crippen LogP contribution in [0.25, 0.3) is 0 Å². The number of hydrogen-bond donors (Lipinski definition) is 1. The molecule has 2 aromatic carbocycles. The Labute approximate surface area is 346 Å². The lowest BCUT2D eigenvalue weighted by molar-refractivity contribution is -0.165. The van der Waals surface area contributed by atoms with Crippen molar-refractivity contribution in [1.29, 1.82) is 0 Å². The van der Waals surface area contributed by atoms with E-state index < -0.39 is 60.4 Å². The van der Waals surface area contributed by atoms with Crippen LogP contribution in [0.2, 0.25) is 0 Å². The molecule has 2 aromatic rings. The maximum Gasteiger partial charge on any atom is 0.344 e. The monoisotopic (exact) mass is 833 g/mol. The van der Waals surface area contributed by atoms with Gasteiger partial charge in [0.1, 0.15) is 35.2 Å². The summed E-state index contributed by atoms with van der Waals surface area (Å²) in [5.41, 5.74) is -0.818. The van der Waals surface area contributed by atoms with Crippen molar-refractivity contribution in [2.75, 3.05) is 58.8 Å². The third kappa shape index (κ3) is 20.4. The van der Waals surface area contributed by atoms with Gasteiger partial charge in [0.25, 0.3) is 0 Å². The number of rotatable bonds is 24. The van der Waals surface area contributed by atoms with Crippen LogP contribution in [0.4, 0.5) is 0 Å². The highest BCUT2D eigenvalue weighted by Gasteiger charge is 2.36. The fourth-order valence-corrected chi connectivity index (χ4v) is 7.90. The third-order valence-electron chi connectivity index (χ3n) is 8.33. The highest BCUT2D eigenvalue weighted by atomic mass is 31.2. The first-order chi connectivity index (χ1) is 26.9. The van der Waals surface area contributed by atoms with Gasteiger partial charge in [-0.3, -0.25) is 38.4 Å². The lowest BCUT2D eigenvalue weighted by Gasteiger charge is -2.36. The van der Waals surface area contributed by atoms with E-state index in [-0.39, 0.29) is 71.6 Å². The molecule has 0 spiro atoms. The van der Waals surface area contributed by atoms with Gasteiger partial charge in [0.15, 0.2) is 0 Å². The van der Waals surface area contributed by atoms with Crippen LogP contribution in [0.15, 0.2) is 60.7 Å². The molecule has 14 nitrogen and oxygen atoms in total. The molecule has 0 unspecified atom stereocenters. The molecule has 0 fully saturated rings. The van der Waals surface area contributed by atoms with Gasteiger partial charge in [0, 0.05) is 26.2 Å². The number of carbonyl (C=O) groups excluding carboxylic acids is 3. The first kappa shape index (κ1) is 50.5. The summed E-state index contributed by atoms with van der Waals surface area (Å²) in [7, 11) is -3.73.